The lowest BCUT2D eigenvalue weighted by Crippen LogP contribution is -2.27. The van der Waals surface area contributed by atoms with Crippen molar-refractivity contribution in [2.45, 2.75) is 32.2 Å². The number of hydrogen-bond donors (Lipinski definition) is 0. The van der Waals surface area contributed by atoms with Crippen LogP contribution < -0.4 is 0 Å². The van der Waals surface area contributed by atoms with Crippen molar-refractivity contribution in [3.05, 3.63) is 38.9 Å². The average Bonchev–Trinajstić information content (AvgIpc) is 2.98. The number of nitrogens with zero attached hydrogens (tertiary/aromatic N) is 2. The van der Waals surface area contributed by atoms with Gasteiger partial charge in [0.15, 0.2) is 0 Å². The second kappa shape index (κ2) is 6.84. The molecular weight excluding hydrogens is 331 g/mol. The Balaban J connectivity index is 1.88. The maximum absolute atomic E-state index is 12.2. The molecule has 0 aromatic heterocycles. The van der Waals surface area contributed by atoms with Crippen LogP contribution in [0.4, 0.5) is 0 Å². The molecule has 0 saturated carbocycles. The lowest BCUT2D eigenvalue weighted by atomic mass is 9.82. The Morgan fingerprint density at radius 3 is 2.39 bits per heavy atom. The van der Waals surface area contributed by atoms with Gasteiger partial charge in [0.05, 0.1) is 10.0 Å². The summed E-state index contributed by atoms with van der Waals surface area (Å²) in [7, 11) is 3.55. The summed E-state index contributed by atoms with van der Waals surface area (Å²) in [5.74, 6) is 0.0691. The minimum absolute atomic E-state index is 0.0691. The monoisotopic (exact) mass is 352 g/mol. The van der Waals surface area contributed by atoms with Crippen molar-refractivity contribution < 1.29 is 4.79 Å². The molecule has 5 heteroatoms. The van der Waals surface area contributed by atoms with Crippen LogP contribution in [0.2, 0.25) is 10.0 Å². The van der Waals surface area contributed by atoms with E-state index < -0.39 is 0 Å². The average molecular weight is 353 g/mol. The zero-order valence-corrected chi connectivity index (χ0v) is 15.2. The number of likely N-dealkylation sites (N-methyl/N-ethyl adjacent to an activating group) is 1. The van der Waals surface area contributed by atoms with Crippen molar-refractivity contribution in [2.75, 3.05) is 27.2 Å². The fraction of sp³-hybridized carbons (Fsp3) is 0.500. The van der Waals surface area contributed by atoms with Gasteiger partial charge in [-0.15, -0.1) is 0 Å². The van der Waals surface area contributed by atoms with Gasteiger partial charge in [-0.25, -0.2) is 0 Å². The van der Waals surface area contributed by atoms with Gasteiger partial charge in [0.2, 0.25) is 5.91 Å². The predicted molar refractivity (Wildman–Crippen MR) is 95.8 cm³/mol. The molecule has 1 amide bonds. The van der Waals surface area contributed by atoms with Crippen LogP contribution in [0.3, 0.4) is 0 Å². The van der Waals surface area contributed by atoms with Crippen molar-refractivity contribution in [3.8, 4) is 0 Å². The number of rotatable bonds is 4. The van der Waals surface area contributed by atoms with E-state index in [1.54, 1.807) is 19.0 Å². The topological polar surface area (TPSA) is 23.6 Å². The molecule has 0 atom stereocenters. The first-order valence-corrected chi connectivity index (χ1v) is 8.88. The molecule has 0 radical (unpaired) electrons. The summed E-state index contributed by atoms with van der Waals surface area (Å²) in [5, 5.41) is 1.22. The lowest BCUT2D eigenvalue weighted by molar-refractivity contribution is -0.125. The van der Waals surface area contributed by atoms with Crippen LogP contribution >= 0.6 is 23.2 Å². The Kier molecular flexibility index (Phi) is 5.00. The number of carbonyl (C=O) groups excluding carboxylic acids is 1. The zero-order chi connectivity index (χ0) is 16.6. The number of carbonyl (C=O) groups is 1. The van der Waals surface area contributed by atoms with Gasteiger partial charge in [-0.3, -0.25) is 9.69 Å². The molecule has 1 fully saturated rings. The van der Waals surface area contributed by atoms with E-state index in [1.165, 1.54) is 12.8 Å². The van der Waals surface area contributed by atoms with Gasteiger partial charge in [0.1, 0.15) is 0 Å². The summed E-state index contributed by atoms with van der Waals surface area (Å²) in [5.41, 5.74) is 3.89. The van der Waals surface area contributed by atoms with Gasteiger partial charge < -0.3 is 4.90 Å². The van der Waals surface area contributed by atoms with E-state index >= 15 is 0 Å². The van der Waals surface area contributed by atoms with Gasteiger partial charge in [0, 0.05) is 26.2 Å². The van der Waals surface area contributed by atoms with E-state index in [9.17, 15) is 4.79 Å². The first-order valence-electron chi connectivity index (χ1n) is 8.12. The van der Waals surface area contributed by atoms with E-state index in [0.29, 0.717) is 10.0 Å². The molecule has 0 unspecified atom stereocenters. The van der Waals surface area contributed by atoms with E-state index in [4.69, 9.17) is 23.2 Å². The fourth-order valence-corrected chi connectivity index (χ4v) is 3.83. The summed E-state index contributed by atoms with van der Waals surface area (Å²) in [6.07, 6.45) is 4.21. The van der Waals surface area contributed by atoms with Crippen LogP contribution in [-0.2, 0) is 11.3 Å². The maximum atomic E-state index is 12.2. The van der Waals surface area contributed by atoms with Crippen LogP contribution in [0.5, 0.6) is 0 Å². The second-order valence-electron chi connectivity index (χ2n) is 6.54. The maximum Gasteiger partial charge on any atom is 0.249 e. The number of allylic oxidation sites excluding steroid dienone is 1. The highest BCUT2D eigenvalue weighted by Gasteiger charge is 2.28. The third-order valence-corrected chi connectivity index (χ3v) is 5.65. The molecule has 0 spiro atoms. The lowest BCUT2D eigenvalue weighted by Gasteiger charge is -2.27. The molecule has 1 aliphatic heterocycles. The van der Waals surface area contributed by atoms with Gasteiger partial charge in [0.25, 0.3) is 0 Å². The molecule has 1 heterocycles. The highest BCUT2D eigenvalue weighted by atomic mass is 35.5. The summed E-state index contributed by atoms with van der Waals surface area (Å²) in [6, 6.07) is 4.09. The summed E-state index contributed by atoms with van der Waals surface area (Å²) >= 11 is 13.0. The van der Waals surface area contributed by atoms with Crippen LogP contribution in [-0.4, -0.2) is 42.9 Å². The molecule has 1 aromatic rings. The van der Waals surface area contributed by atoms with Crippen molar-refractivity contribution in [1.82, 2.24) is 9.80 Å². The Morgan fingerprint density at radius 2 is 1.83 bits per heavy atom. The first kappa shape index (κ1) is 16.8. The molecule has 1 saturated heterocycles. The van der Waals surface area contributed by atoms with Gasteiger partial charge in [-0.1, -0.05) is 35.3 Å². The van der Waals surface area contributed by atoms with Gasteiger partial charge in [-0.2, -0.15) is 0 Å². The third kappa shape index (κ3) is 3.28. The molecule has 3 rings (SSSR count). The molecule has 0 N–H and O–H groups in total. The molecule has 0 bridgehead atoms. The first-order chi connectivity index (χ1) is 11.0. The normalized spacial score (nSPS) is 18.3. The SMILES string of the molecule is CN(C)C(=O)C1=C(c2ccc(CN3CCCC3)c(Cl)c2Cl)CC1. The van der Waals surface area contributed by atoms with E-state index in [2.05, 4.69) is 11.0 Å². The molecule has 2 aliphatic rings. The Labute approximate surface area is 147 Å². The Morgan fingerprint density at radius 1 is 1.13 bits per heavy atom. The fourth-order valence-electron chi connectivity index (χ4n) is 3.30. The summed E-state index contributed by atoms with van der Waals surface area (Å²) in [4.78, 5) is 16.2. The van der Waals surface area contributed by atoms with Crippen LogP contribution in [0.25, 0.3) is 5.57 Å². The van der Waals surface area contributed by atoms with Crippen molar-refractivity contribution in [1.29, 1.82) is 0 Å². The van der Waals surface area contributed by atoms with E-state index in [1.807, 2.05) is 6.07 Å². The molecular formula is C18H22Cl2N2O. The summed E-state index contributed by atoms with van der Waals surface area (Å²) < 4.78 is 0. The number of amides is 1. The predicted octanol–water partition coefficient (Wildman–Crippen LogP) is 4.22. The Hall–Kier alpha value is -1.03. The van der Waals surface area contributed by atoms with E-state index in [0.717, 1.165) is 54.7 Å². The number of benzene rings is 1. The van der Waals surface area contributed by atoms with Crippen molar-refractivity contribution in [3.63, 3.8) is 0 Å². The third-order valence-electron chi connectivity index (χ3n) is 4.73. The van der Waals surface area contributed by atoms with E-state index in [-0.39, 0.29) is 5.91 Å². The smallest absolute Gasteiger partial charge is 0.249 e. The Bertz CT molecular complexity index is 661. The van der Waals surface area contributed by atoms with Gasteiger partial charge >= 0.3 is 0 Å². The number of halogens is 2. The zero-order valence-electron chi connectivity index (χ0n) is 13.7. The molecule has 1 aliphatic carbocycles. The van der Waals surface area contributed by atoms with Gasteiger partial charge in [-0.05, 0) is 55.5 Å². The second-order valence-corrected chi connectivity index (χ2v) is 7.30. The van der Waals surface area contributed by atoms with Crippen LogP contribution in [0.1, 0.15) is 36.8 Å². The number of likely N-dealkylation sites (tertiary alicyclic amines) is 1. The van der Waals surface area contributed by atoms with Crippen LogP contribution in [0.15, 0.2) is 17.7 Å². The molecule has 3 nitrogen and oxygen atoms in total. The highest BCUT2D eigenvalue weighted by Crippen LogP contribution is 2.43. The molecule has 1 aromatic carbocycles. The van der Waals surface area contributed by atoms with Crippen LogP contribution in [0, 0.1) is 0 Å². The summed E-state index contributed by atoms with van der Waals surface area (Å²) in [6.45, 7) is 3.10. The van der Waals surface area contributed by atoms with Crippen molar-refractivity contribution >= 4 is 34.7 Å². The molecule has 23 heavy (non-hydrogen) atoms. The standard InChI is InChI=1S/C18H22Cl2N2O/c1-21(2)18(23)15-8-7-13(15)14-6-5-12(16(19)17(14)20)11-22-9-3-4-10-22/h5-6H,3-4,7-11H2,1-2H3. The number of hydrogen-bond acceptors (Lipinski definition) is 2. The quantitative estimate of drug-likeness (QED) is 0.809. The molecule has 124 valence electrons. The minimum atomic E-state index is 0.0691. The van der Waals surface area contributed by atoms with Crippen molar-refractivity contribution in [2.24, 2.45) is 0 Å². The highest BCUT2D eigenvalue weighted by molar-refractivity contribution is 6.43. The minimum Gasteiger partial charge on any atom is -0.345 e. The largest absolute Gasteiger partial charge is 0.345 e.